The average molecular weight is 497 g/mol. The Kier molecular flexibility index (Phi) is 7.41. The predicted molar refractivity (Wildman–Crippen MR) is 132 cm³/mol. The quantitative estimate of drug-likeness (QED) is 0.488. The smallest absolute Gasteiger partial charge is 0.424 e. The fraction of sp³-hybridized carbons (Fsp3) is 0.269. The van der Waals surface area contributed by atoms with Crippen molar-refractivity contribution in [2.75, 3.05) is 52.4 Å². The van der Waals surface area contributed by atoms with Gasteiger partial charge in [0, 0.05) is 44.4 Å². The van der Waals surface area contributed by atoms with E-state index in [-0.39, 0.29) is 11.8 Å². The number of aromatic nitrogens is 1. The standard InChI is InChI=1S/C26H27ClN3O5/c1-33-22-15-19(16-23(34-2)24(22)35-3)26(32)30-10-6-7-18(17-30)25(31)29-13-11-28(12-14-29)21-9-5-4-8-20(21)27/h4-10,15-17H,11-14H2,1-3H3/q+1. The molecule has 0 atom stereocenters. The van der Waals surface area contributed by atoms with Crippen LogP contribution in [0.25, 0.3) is 0 Å². The number of ether oxygens (including phenoxy) is 3. The van der Waals surface area contributed by atoms with Crippen molar-refractivity contribution < 1.29 is 28.4 Å². The number of methoxy groups -OCH3 is 3. The summed E-state index contributed by atoms with van der Waals surface area (Å²) in [5.41, 5.74) is 1.73. The highest BCUT2D eigenvalue weighted by atomic mass is 35.5. The molecule has 0 saturated carbocycles. The lowest BCUT2D eigenvalue weighted by atomic mass is 10.1. The molecule has 1 fully saturated rings. The molecule has 2 aromatic carbocycles. The van der Waals surface area contributed by atoms with Crippen molar-refractivity contribution in [1.82, 2.24) is 4.90 Å². The Morgan fingerprint density at radius 1 is 0.857 bits per heavy atom. The van der Waals surface area contributed by atoms with E-state index in [4.69, 9.17) is 25.8 Å². The Bertz CT molecular complexity index is 1220. The maximum Gasteiger partial charge on any atom is 0.424 e. The molecule has 1 saturated heterocycles. The van der Waals surface area contributed by atoms with Crippen molar-refractivity contribution in [1.29, 1.82) is 0 Å². The summed E-state index contributed by atoms with van der Waals surface area (Å²) in [6.45, 7) is 2.46. The van der Waals surface area contributed by atoms with E-state index in [2.05, 4.69) is 4.90 Å². The maximum absolute atomic E-state index is 13.2. The molecule has 8 nitrogen and oxygen atoms in total. The van der Waals surface area contributed by atoms with Gasteiger partial charge in [-0.15, -0.1) is 4.57 Å². The highest BCUT2D eigenvalue weighted by Gasteiger charge is 2.27. The van der Waals surface area contributed by atoms with Crippen LogP contribution in [0.15, 0.2) is 60.9 Å². The van der Waals surface area contributed by atoms with Crippen LogP contribution in [0, 0.1) is 0 Å². The van der Waals surface area contributed by atoms with Crippen LogP contribution in [0.1, 0.15) is 20.7 Å². The fourth-order valence-electron chi connectivity index (χ4n) is 4.12. The van der Waals surface area contributed by atoms with Crippen LogP contribution in [0.2, 0.25) is 5.02 Å². The molecule has 0 aliphatic carbocycles. The van der Waals surface area contributed by atoms with Crippen LogP contribution in [-0.2, 0) is 0 Å². The third-order valence-electron chi connectivity index (χ3n) is 5.95. The summed E-state index contributed by atoms with van der Waals surface area (Å²) < 4.78 is 17.4. The lowest BCUT2D eigenvalue weighted by Crippen LogP contribution is -2.49. The van der Waals surface area contributed by atoms with Crippen molar-refractivity contribution in [2.45, 2.75) is 0 Å². The Morgan fingerprint density at radius 3 is 2.11 bits per heavy atom. The van der Waals surface area contributed by atoms with Gasteiger partial charge < -0.3 is 24.0 Å². The highest BCUT2D eigenvalue weighted by Crippen LogP contribution is 2.38. The van der Waals surface area contributed by atoms with Crippen molar-refractivity contribution in [3.63, 3.8) is 0 Å². The van der Waals surface area contributed by atoms with Gasteiger partial charge in [0.05, 0.1) is 37.6 Å². The van der Waals surface area contributed by atoms with E-state index in [0.717, 1.165) is 5.69 Å². The summed E-state index contributed by atoms with van der Waals surface area (Å²) in [4.78, 5) is 30.4. The van der Waals surface area contributed by atoms with Gasteiger partial charge in [0.1, 0.15) is 5.56 Å². The van der Waals surface area contributed by atoms with Crippen molar-refractivity contribution in [3.8, 4) is 17.2 Å². The number of benzene rings is 2. The highest BCUT2D eigenvalue weighted by molar-refractivity contribution is 6.33. The number of halogens is 1. The zero-order valence-corrected chi connectivity index (χ0v) is 20.6. The Hall–Kier alpha value is -3.78. The first-order valence-electron chi connectivity index (χ1n) is 11.1. The van der Waals surface area contributed by atoms with Gasteiger partial charge in [-0.1, -0.05) is 23.7 Å². The first kappa shape index (κ1) is 24.3. The van der Waals surface area contributed by atoms with Gasteiger partial charge in [0.2, 0.25) is 5.75 Å². The molecule has 3 aromatic rings. The Labute approximate surface area is 209 Å². The van der Waals surface area contributed by atoms with E-state index in [0.29, 0.717) is 59.6 Å². The minimum atomic E-state index is -0.331. The lowest BCUT2D eigenvalue weighted by molar-refractivity contribution is -0.570. The summed E-state index contributed by atoms with van der Waals surface area (Å²) in [5, 5.41) is 0.696. The molecule has 0 radical (unpaired) electrons. The Morgan fingerprint density at radius 2 is 1.51 bits per heavy atom. The summed E-state index contributed by atoms with van der Waals surface area (Å²) in [7, 11) is 4.48. The summed E-state index contributed by atoms with van der Waals surface area (Å²) in [5.74, 6) is 0.688. The molecular formula is C26H27ClN3O5+. The fourth-order valence-corrected chi connectivity index (χ4v) is 4.38. The van der Waals surface area contributed by atoms with Gasteiger partial charge in [-0.3, -0.25) is 4.79 Å². The van der Waals surface area contributed by atoms with Gasteiger partial charge in [-0.25, -0.2) is 4.79 Å². The molecule has 9 heteroatoms. The monoisotopic (exact) mass is 496 g/mol. The summed E-state index contributed by atoms with van der Waals surface area (Å²) in [6, 6.07) is 14.3. The zero-order chi connectivity index (χ0) is 24.9. The molecular weight excluding hydrogens is 470 g/mol. The first-order valence-corrected chi connectivity index (χ1v) is 11.5. The second kappa shape index (κ2) is 10.7. The second-order valence-corrected chi connectivity index (χ2v) is 8.36. The molecule has 4 rings (SSSR count). The predicted octanol–water partition coefficient (Wildman–Crippen LogP) is 3.30. The second-order valence-electron chi connectivity index (χ2n) is 7.95. The molecule has 2 heterocycles. The molecule has 182 valence electrons. The lowest BCUT2D eigenvalue weighted by Gasteiger charge is -2.36. The van der Waals surface area contributed by atoms with E-state index in [9.17, 15) is 9.59 Å². The van der Waals surface area contributed by atoms with E-state index < -0.39 is 0 Å². The van der Waals surface area contributed by atoms with Crippen LogP contribution < -0.4 is 23.7 Å². The van der Waals surface area contributed by atoms with Gasteiger partial charge in [-0.05, 0) is 18.2 Å². The maximum atomic E-state index is 13.2. The number of anilines is 1. The molecule has 1 aromatic heterocycles. The topological polar surface area (TPSA) is 72.2 Å². The van der Waals surface area contributed by atoms with Crippen LogP contribution in [0.5, 0.6) is 17.2 Å². The first-order chi connectivity index (χ1) is 17.0. The summed E-state index contributed by atoms with van der Waals surface area (Å²) in [6.07, 6.45) is 3.16. The minimum absolute atomic E-state index is 0.129. The van der Waals surface area contributed by atoms with Gasteiger partial charge in [-0.2, -0.15) is 0 Å². The number of para-hydroxylation sites is 1. The van der Waals surface area contributed by atoms with E-state index in [1.165, 1.54) is 25.9 Å². The molecule has 35 heavy (non-hydrogen) atoms. The molecule has 1 amide bonds. The van der Waals surface area contributed by atoms with Crippen LogP contribution >= 0.6 is 11.6 Å². The third-order valence-corrected chi connectivity index (χ3v) is 6.27. The van der Waals surface area contributed by atoms with E-state index in [1.54, 1.807) is 41.6 Å². The van der Waals surface area contributed by atoms with Crippen molar-refractivity contribution >= 4 is 29.1 Å². The Balaban J connectivity index is 1.51. The number of hydrogen-bond acceptors (Lipinski definition) is 6. The van der Waals surface area contributed by atoms with Gasteiger partial charge >= 0.3 is 5.91 Å². The van der Waals surface area contributed by atoms with Gasteiger partial charge in [0.15, 0.2) is 23.9 Å². The molecule has 0 unspecified atom stereocenters. The summed E-state index contributed by atoms with van der Waals surface area (Å²) >= 11 is 6.33. The van der Waals surface area contributed by atoms with Crippen LogP contribution in [0.3, 0.4) is 0 Å². The molecule has 0 N–H and O–H groups in total. The van der Waals surface area contributed by atoms with Crippen molar-refractivity contribution in [3.05, 3.63) is 77.1 Å². The number of amides is 1. The molecule has 0 bridgehead atoms. The van der Waals surface area contributed by atoms with E-state index >= 15 is 0 Å². The number of rotatable bonds is 6. The van der Waals surface area contributed by atoms with Crippen LogP contribution in [0.4, 0.5) is 5.69 Å². The van der Waals surface area contributed by atoms with E-state index in [1.807, 2.05) is 24.3 Å². The molecule has 1 aliphatic heterocycles. The number of hydrogen-bond donors (Lipinski definition) is 0. The zero-order valence-electron chi connectivity index (χ0n) is 19.9. The third kappa shape index (κ3) is 5.02. The normalized spacial score (nSPS) is 13.4. The van der Waals surface area contributed by atoms with Gasteiger partial charge in [0.25, 0.3) is 5.91 Å². The van der Waals surface area contributed by atoms with Crippen LogP contribution in [-0.4, -0.2) is 64.2 Å². The SMILES string of the molecule is COc1cc(C(=O)[n+]2cccc(C(=O)N3CCN(c4ccccc4Cl)CC3)c2)cc(OC)c1OC. The van der Waals surface area contributed by atoms with Crippen molar-refractivity contribution in [2.24, 2.45) is 0 Å². The number of carbonyl (C=O) groups is 2. The number of piperazine rings is 1. The number of pyridine rings is 1. The molecule has 0 spiro atoms. The number of nitrogens with zero attached hydrogens (tertiary/aromatic N) is 3. The average Bonchev–Trinajstić information content (AvgIpc) is 2.91. The minimum Gasteiger partial charge on any atom is -0.493 e. The molecule has 1 aliphatic rings. The largest absolute Gasteiger partial charge is 0.493 e. The number of carbonyl (C=O) groups excluding carboxylic acids is 2.